The molecule has 2 aromatic rings. The SMILES string of the molecule is CC[C@H](c1cccnc1)N(C)C(=O)NCCCn1ccccc1=O. The third-order valence-corrected chi connectivity index (χ3v) is 3.99. The number of urea groups is 1. The second-order valence-electron chi connectivity index (χ2n) is 5.64. The predicted molar refractivity (Wildman–Crippen MR) is 93.7 cm³/mol. The number of aryl methyl sites for hydroxylation is 1. The minimum absolute atomic E-state index is 0.00422. The van der Waals surface area contributed by atoms with E-state index in [1.54, 1.807) is 41.2 Å². The van der Waals surface area contributed by atoms with Gasteiger partial charge in [-0.1, -0.05) is 19.1 Å². The summed E-state index contributed by atoms with van der Waals surface area (Å²) in [5.41, 5.74) is 0.997. The first-order valence-electron chi connectivity index (χ1n) is 8.19. The average Bonchev–Trinajstić information content (AvgIpc) is 2.61. The maximum Gasteiger partial charge on any atom is 0.317 e. The summed E-state index contributed by atoms with van der Waals surface area (Å²) in [5, 5.41) is 2.91. The second kappa shape index (κ2) is 8.86. The molecule has 0 unspecified atom stereocenters. The van der Waals surface area contributed by atoms with Crippen molar-refractivity contribution in [3.05, 3.63) is 64.8 Å². The van der Waals surface area contributed by atoms with Gasteiger partial charge < -0.3 is 14.8 Å². The smallest absolute Gasteiger partial charge is 0.317 e. The van der Waals surface area contributed by atoms with Crippen molar-refractivity contribution in [2.75, 3.05) is 13.6 Å². The Morgan fingerprint density at radius 3 is 2.83 bits per heavy atom. The fraction of sp³-hybridized carbons (Fsp3) is 0.389. The maximum atomic E-state index is 12.3. The van der Waals surface area contributed by atoms with Crippen molar-refractivity contribution >= 4 is 6.03 Å². The van der Waals surface area contributed by atoms with Gasteiger partial charge in [0, 0.05) is 44.8 Å². The maximum absolute atomic E-state index is 12.3. The van der Waals surface area contributed by atoms with E-state index in [0.717, 1.165) is 12.0 Å². The molecule has 0 saturated carbocycles. The first-order valence-corrected chi connectivity index (χ1v) is 8.19. The Hall–Kier alpha value is -2.63. The monoisotopic (exact) mass is 328 g/mol. The molecule has 1 N–H and O–H groups in total. The van der Waals surface area contributed by atoms with Crippen molar-refractivity contribution < 1.29 is 4.79 Å². The molecule has 2 rings (SSSR count). The van der Waals surface area contributed by atoms with Crippen molar-refractivity contribution in [3.63, 3.8) is 0 Å². The zero-order chi connectivity index (χ0) is 17.4. The van der Waals surface area contributed by atoms with E-state index >= 15 is 0 Å². The Kier molecular flexibility index (Phi) is 6.54. The van der Waals surface area contributed by atoms with E-state index in [-0.39, 0.29) is 17.6 Å². The number of rotatable bonds is 7. The highest BCUT2D eigenvalue weighted by Crippen LogP contribution is 2.21. The first kappa shape index (κ1) is 17.7. The van der Waals surface area contributed by atoms with E-state index < -0.39 is 0 Å². The van der Waals surface area contributed by atoms with Crippen LogP contribution in [0.1, 0.15) is 31.4 Å². The first-order chi connectivity index (χ1) is 11.6. The second-order valence-corrected chi connectivity index (χ2v) is 5.64. The van der Waals surface area contributed by atoms with Crippen LogP contribution in [-0.4, -0.2) is 34.1 Å². The third-order valence-electron chi connectivity index (χ3n) is 3.99. The number of nitrogens with zero attached hydrogens (tertiary/aromatic N) is 3. The van der Waals surface area contributed by atoms with Crippen molar-refractivity contribution in [2.45, 2.75) is 32.4 Å². The van der Waals surface area contributed by atoms with E-state index in [1.807, 2.05) is 25.1 Å². The van der Waals surface area contributed by atoms with Gasteiger partial charge in [-0.3, -0.25) is 9.78 Å². The average molecular weight is 328 g/mol. The standard InChI is InChI=1S/C18H24N4O2/c1-3-16(15-8-6-10-19-14-15)21(2)18(24)20-11-7-13-22-12-5-4-9-17(22)23/h4-6,8-10,12,14,16H,3,7,11,13H2,1-2H3,(H,20,24)/t16-/m1/s1. The number of amides is 2. The van der Waals surface area contributed by atoms with Crippen LogP contribution in [0.15, 0.2) is 53.7 Å². The predicted octanol–water partition coefficient (Wildman–Crippen LogP) is 2.43. The minimum atomic E-state index is -0.119. The molecule has 0 saturated heterocycles. The molecule has 24 heavy (non-hydrogen) atoms. The number of pyridine rings is 2. The lowest BCUT2D eigenvalue weighted by atomic mass is 10.1. The molecule has 0 aromatic carbocycles. The van der Waals surface area contributed by atoms with Crippen molar-refractivity contribution in [2.24, 2.45) is 0 Å². The number of aromatic nitrogens is 2. The summed E-state index contributed by atoms with van der Waals surface area (Å²) in [7, 11) is 1.79. The highest BCUT2D eigenvalue weighted by Gasteiger charge is 2.19. The molecule has 0 aliphatic carbocycles. The fourth-order valence-electron chi connectivity index (χ4n) is 2.66. The van der Waals surface area contributed by atoms with Crippen LogP contribution >= 0.6 is 0 Å². The summed E-state index contributed by atoms with van der Waals surface area (Å²) in [6.07, 6.45) is 6.79. The van der Waals surface area contributed by atoms with E-state index in [1.165, 1.54) is 6.07 Å². The Labute approximate surface area is 142 Å². The van der Waals surface area contributed by atoms with E-state index in [0.29, 0.717) is 19.5 Å². The van der Waals surface area contributed by atoms with Crippen LogP contribution in [0.3, 0.4) is 0 Å². The number of carbonyl (C=O) groups excluding carboxylic acids is 1. The summed E-state index contributed by atoms with van der Waals surface area (Å²) in [5.74, 6) is 0. The number of hydrogen-bond donors (Lipinski definition) is 1. The summed E-state index contributed by atoms with van der Waals surface area (Å²) >= 11 is 0. The molecule has 0 radical (unpaired) electrons. The van der Waals surface area contributed by atoms with Gasteiger partial charge in [-0.05, 0) is 30.5 Å². The van der Waals surface area contributed by atoms with Gasteiger partial charge >= 0.3 is 6.03 Å². The van der Waals surface area contributed by atoms with Gasteiger partial charge in [0.2, 0.25) is 5.56 Å². The summed E-state index contributed by atoms with van der Waals surface area (Å²) < 4.78 is 1.64. The van der Waals surface area contributed by atoms with Gasteiger partial charge in [-0.2, -0.15) is 0 Å². The molecule has 6 nitrogen and oxygen atoms in total. The topological polar surface area (TPSA) is 67.2 Å². The number of hydrogen-bond acceptors (Lipinski definition) is 3. The van der Waals surface area contributed by atoms with Crippen LogP contribution in [0.2, 0.25) is 0 Å². The Morgan fingerprint density at radius 2 is 2.17 bits per heavy atom. The highest BCUT2D eigenvalue weighted by atomic mass is 16.2. The molecule has 128 valence electrons. The molecule has 6 heteroatoms. The molecule has 1 atom stereocenters. The molecule has 0 spiro atoms. The van der Waals surface area contributed by atoms with Crippen molar-refractivity contribution in [3.8, 4) is 0 Å². The third kappa shape index (κ3) is 4.68. The fourth-order valence-corrected chi connectivity index (χ4v) is 2.66. The van der Waals surface area contributed by atoms with E-state index in [4.69, 9.17) is 0 Å². The molecule has 0 aliphatic rings. The van der Waals surface area contributed by atoms with Gasteiger partial charge in [0.05, 0.1) is 6.04 Å². The zero-order valence-electron chi connectivity index (χ0n) is 14.2. The van der Waals surface area contributed by atoms with Crippen LogP contribution in [-0.2, 0) is 6.54 Å². The molecule has 2 heterocycles. The lowest BCUT2D eigenvalue weighted by Gasteiger charge is -2.27. The number of carbonyl (C=O) groups is 1. The van der Waals surface area contributed by atoms with Crippen LogP contribution in [0.5, 0.6) is 0 Å². The highest BCUT2D eigenvalue weighted by molar-refractivity contribution is 5.74. The van der Waals surface area contributed by atoms with Crippen LogP contribution < -0.4 is 10.9 Å². The van der Waals surface area contributed by atoms with Gasteiger partial charge in [-0.25, -0.2) is 4.79 Å². The normalized spacial score (nSPS) is 11.8. The molecule has 2 amide bonds. The van der Waals surface area contributed by atoms with Crippen molar-refractivity contribution in [1.82, 2.24) is 19.8 Å². The van der Waals surface area contributed by atoms with Crippen LogP contribution in [0.4, 0.5) is 4.79 Å². The largest absolute Gasteiger partial charge is 0.338 e. The molecule has 0 bridgehead atoms. The lowest BCUT2D eigenvalue weighted by Crippen LogP contribution is -2.40. The molecule has 0 aliphatic heterocycles. The Morgan fingerprint density at radius 1 is 1.33 bits per heavy atom. The van der Waals surface area contributed by atoms with Crippen molar-refractivity contribution in [1.29, 1.82) is 0 Å². The minimum Gasteiger partial charge on any atom is -0.338 e. The lowest BCUT2D eigenvalue weighted by molar-refractivity contribution is 0.188. The van der Waals surface area contributed by atoms with Gasteiger partial charge in [-0.15, -0.1) is 0 Å². The van der Waals surface area contributed by atoms with E-state index in [9.17, 15) is 9.59 Å². The summed E-state index contributed by atoms with van der Waals surface area (Å²) in [6, 6.07) is 8.81. The zero-order valence-corrected chi connectivity index (χ0v) is 14.2. The Bertz CT molecular complexity index is 699. The summed E-state index contributed by atoms with van der Waals surface area (Å²) in [4.78, 5) is 29.7. The van der Waals surface area contributed by atoms with Crippen LogP contribution in [0, 0.1) is 0 Å². The Balaban J connectivity index is 1.83. The number of nitrogens with one attached hydrogen (secondary N) is 1. The molecule has 2 aromatic heterocycles. The molecular formula is C18H24N4O2. The molecular weight excluding hydrogens is 304 g/mol. The summed E-state index contributed by atoms with van der Waals surface area (Å²) in [6.45, 7) is 3.15. The van der Waals surface area contributed by atoms with Gasteiger partial charge in [0.15, 0.2) is 0 Å². The van der Waals surface area contributed by atoms with Gasteiger partial charge in [0.1, 0.15) is 0 Å². The quantitative estimate of drug-likeness (QED) is 0.794. The van der Waals surface area contributed by atoms with E-state index in [2.05, 4.69) is 10.3 Å². The van der Waals surface area contributed by atoms with Crippen LogP contribution in [0.25, 0.3) is 0 Å². The van der Waals surface area contributed by atoms with Gasteiger partial charge in [0.25, 0.3) is 0 Å². The molecule has 0 fully saturated rings.